The highest BCUT2D eigenvalue weighted by molar-refractivity contribution is 7.89. The third-order valence-electron chi connectivity index (χ3n) is 5.74. The quantitative estimate of drug-likeness (QED) is 0.826. The first-order chi connectivity index (χ1) is 12.8. The number of sulfonamides is 1. The van der Waals surface area contributed by atoms with Gasteiger partial charge in [-0.3, -0.25) is 4.79 Å². The van der Waals surface area contributed by atoms with Crippen LogP contribution < -0.4 is 5.32 Å². The smallest absolute Gasteiger partial charge is 0.242 e. The van der Waals surface area contributed by atoms with Crippen molar-refractivity contribution < 1.29 is 13.2 Å². The SMILES string of the molecule is CN(C)S(=O)(=O)c1ccc(-c2csc(NC(=O)[C@H]3C[C@H]4CC[C@H]3C4)n2)cc1. The summed E-state index contributed by atoms with van der Waals surface area (Å²) >= 11 is 1.40. The molecule has 2 aliphatic rings. The molecule has 6 nitrogen and oxygen atoms in total. The number of hydrogen-bond donors (Lipinski definition) is 1. The number of carbonyl (C=O) groups is 1. The van der Waals surface area contributed by atoms with E-state index in [1.165, 1.54) is 49.0 Å². The molecule has 144 valence electrons. The monoisotopic (exact) mass is 405 g/mol. The first-order valence-corrected chi connectivity index (χ1v) is 11.5. The Morgan fingerprint density at radius 1 is 1.19 bits per heavy atom. The van der Waals surface area contributed by atoms with Gasteiger partial charge in [-0.15, -0.1) is 11.3 Å². The van der Waals surface area contributed by atoms with E-state index in [1.807, 2.05) is 5.38 Å². The van der Waals surface area contributed by atoms with Gasteiger partial charge < -0.3 is 5.32 Å². The second-order valence-corrected chi connectivity index (χ2v) is 10.6. The van der Waals surface area contributed by atoms with E-state index in [0.29, 0.717) is 11.0 Å². The Hall–Kier alpha value is -1.77. The second kappa shape index (κ2) is 7.00. The molecule has 0 spiro atoms. The molecule has 4 rings (SSSR count). The van der Waals surface area contributed by atoms with E-state index in [4.69, 9.17) is 0 Å². The van der Waals surface area contributed by atoms with Gasteiger partial charge in [0, 0.05) is 31.0 Å². The summed E-state index contributed by atoms with van der Waals surface area (Å²) < 4.78 is 25.5. The third kappa shape index (κ3) is 3.53. The molecule has 2 saturated carbocycles. The fourth-order valence-corrected chi connectivity index (χ4v) is 5.86. The normalized spacial score (nSPS) is 24.5. The molecule has 8 heteroatoms. The fourth-order valence-electron chi connectivity index (χ4n) is 4.24. The molecule has 27 heavy (non-hydrogen) atoms. The summed E-state index contributed by atoms with van der Waals surface area (Å²) in [5, 5.41) is 5.46. The Morgan fingerprint density at radius 2 is 1.93 bits per heavy atom. The van der Waals surface area contributed by atoms with Crippen molar-refractivity contribution in [1.82, 2.24) is 9.29 Å². The zero-order valence-electron chi connectivity index (χ0n) is 15.4. The van der Waals surface area contributed by atoms with E-state index in [1.54, 1.807) is 24.3 Å². The molecule has 2 fully saturated rings. The van der Waals surface area contributed by atoms with Crippen molar-refractivity contribution in [3.63, 3.8) is 0 Å². The average Bonchev–Trinajstić information content (AvgIpc) is 3.38. The highest BCUT2D eigenvalue weighted by Gasteiger charge is 2.43. The summed E-state index contributed by atoms with van der Waals surface area (Å²) in [6, 6.07) is 6.65. The number of anilines is 1. The summed E-state index contributed by atoms with van der Waals surface area (Å²) in [6.45, 7) is 0. The van der Waals surface area contributed by atoms with E-state index in [9.17, 15) is 13.2 Å². The van der Waals surface area contributed by atoms with Crippen LogP contribution in [0.15, 0.2) is 34.5 Å². The summed E-state index contributed by atoms with van der Waals surface area (Å²) in [6.07, 6.45) is 4.66. The van der Waals surface area contributed by atoms with Gasteiger partial charge in [0.05, 0.1) is 10.6 Å². The van der Waals surface area contributed by atoms with Gasteiger partial charge in [0.25, 0.3) is 0 Å². The predicted octanol–water partition coefficient (Wildman–Crippen LogP) is 3.44. The minimum absolute atomic E-state index is 0.0931. The van der Waals surface area contributed by atoms with Crippen LogP contribution in [0.2, 0.25) is 0 Å². The molecule has 2 aliphatic carbocycles. The topological polar surface area (TPSA) is 79.4 Å². The van der Waals surface area contributed by atoms with Gasteiger partial charge in [-0.05, 0) is 43.2 Å². The Kier molecular flexibility index (Phi) is 4.82. The van der Waals surface area contributed by atoms with Crippen molar-refractivity contribution in [1.29, 1.82) is 0 Å². The standard InChI is InChI=1S/C19H23N3O3S2/c1-22(2)27(24,25)15-7-5-13(6-8-15)17-11-26-19(20-17)21-18(23)16-10-12-3-4-14(16)9-12/h5-8,11-12,14,16H,3-4,9-10H2,1-2H3,(H,20,21,23)/t12-,14-,16-/m0/s1. The minimum Gasteiger partial charge on any atom is -0.302 e. The fraction of sp³-hybridized carbons (Fsp3) is 0.474. The lowest BCUT2D eigenvalue weighted by atomic mass is 9.88. The van der Waals surface area contributed by atoms with Gasteiger partial charge >= 0.3 is 0 Å². The van der Waals surface area contributed by atoms with E-state index < -0.39 is 10.0 Å². The van der Waals surface area contributed by atoms with E-state index in [-0.39, 0.29) is 16.7 Å². The minimum atomic E-state index is -3.44. The van der Waals surface area contributed by atoms with Crippen molar-refractivity contribution in [2.75, 3.05) is 19.4 Å². The highest BCUT2D eigenvalue weighted by Crippen LogP contribution is 2.48. The molecule has 2 bridgehead atoms. The van der Waals surface area contributed by atoms with Crippen molar-refractivity contribution in [2.24, 2.45) is 17.8 Å². The first-order valence-electron chi connectivity index (χ1n) is 9.14. The lowest BCUT2D eigenvalue weighted by molar-refractivity contribution is -0.121. The molecule has 1 N–H and O–H groups in total. The Balaban J connectivity index is 1.45. The zero-order valence-corrected chi connectivity index (χ0v) is 17.0. The lowest BCUT2D eigenvalue weighted by Crippen LogP contribution is -2.27. The van der Waals surface area contributed by atoms with Crippen LogP contribution in [0.3, 0.4) is 0 Å². The van der Waals surface area contributed by atoms with Crippen LogP contribution in [0.4, 0.5) is 5.13 Å². The highest BCUT2D eigenvalue weighted by atomic mass is 32.2. The van der Waals surface area contributed by atoms with Crippen molar-refractivity contribution in [3.8, 4) is 11.3 Å². The number of benzene rings is 1. The lowest BCUT2D eigenvalue weighted by Gasteiger charge is -2.19. The van der Waals surface area contributed by atoms with Gasteiger partial charge in [0.15, 0.2) is 5.13 Å². The van der Waals surface area contributed by atoms with Gasteiger partial charge in [0.1, 0.15) is 0 Å². The number of thiazole rings is 1. The first kappa shape index (κ1) is 18.6. The van der Waals surface area contributed by atoms with Gasteiger partial charge in [-0.25, -0.2) is 17.7 Å². The molecule has 0 saturated heterocycles. The van der Waals surface area contributed by atoms with Gasteiger partial charge in [0.2, 0.25) is 15.9 Å². The average molecular weight is 406 g/mol. The molecule has 3 atom stereocenters. The molecule has 0 aliphatic heterocycles. The molecule has 1 amide bonds. The van der Waals surface area contributed by atoms with Crippen LogP contribution in [-0.4, -0.2) is 37.7 Å². The number of carbonyl (C=O) groups excluding carboxylic acids is 1. The van der Waals surface area contributed by atoms with Crippen molar-refractivity contribution in [2.45, 2.75) is 30.6 Å². The number of nitrogens with one attached hydrogen (secondary N) is 1. The molecule has 1 heterocycles. The number of nitrogens with zero attached hydrogens (tertiary/aromatic N) is 2. The summed E-state index contributed by atoms with van der Waals surface area (Å²) in [5.74, 6) is 1.50. The molecule has 2 aromatic rings. The molecule has 0 unspecified atom stereocenters. The molecule has 1 aromatic carbocycles. The third-order valence-corrected chi connectivity index (χ3v) is 8.32. The number of aromatic nitrogens is 1. The Bertz CT molecular complexity index is 951. The van der Waals surface area contributed by atoms with Crippen LogP contribution in [0.25, 0.3) is 11.3 Å². The molecule has 1 aromatic heterocycles. The number of amides is 1. The predicted molar refractivity (Wildman–Crippen MR) is 106 cm³/mol. The second-order valence-electron chi connectivity index (χ2n) is 7.62. The van der Waals surface area contributed by atoms with E-state index >= 15 is 0 Å². The number of rotatable bonds is 5. The van der Waals surface area contributed by atoms with Crippen molar-refractivity contribution in [3.05, 3.63) is 29.6 Å². The molecule has 0 radical (unpaired) electrons. The largest absolute Gasteiger partial charge is 0.302 e. The van der Waals surface area contributed by atoms with Crippen molar-refractivity contribution >= 4 is 32.4 Å². The summed E-state index contributed by atoms with van der Waals surface area (Å²) in [7, 11) is -0.424. The van der Waals surface area contributed by atoms with Crippen LogP contribution in [0.5, 0.6) is 0 Å². The maximum absolute atomic E-state index is 12.6. The Morgan fingerprint density at radius 3 is 2.52 bits per heavy atom. The van der Waals surface area contributed by atoms with Crippen LogP contribution in [0, 0.1) is 17.8 Å². The maximum Gasteiger partial charge on any atom is 0.242 e. The van der Waals surface area contributed by atoms with Crippen LogP contribution >= 0.6 is 11.3 Å². The van der Waals surface area contributed by atoms with Gasteiger partial charge in [-0.2, -0.15) is 0 Å². The molecular formula is C19H23N3O3S2. The van der Waals surface area contributed by atoms with Crippen LogP contribution in [-0.2, 0) is 14.8 Å². The van der Waals surface area contributed by atoms with E-state index in [2.05, 4.69) is 10.3 Å². The zero-order chi connectivity index (χ0) is 19.2. The summed E-state index contributed by atoms with van der Waals surface area (Å²) in [5.41, 5.74) is 1.56. The maximum atomic E-state index is 12.6. The van der Waals surface area contributed by atoms with Gasteiger partial charge in [-0.1, -0.05) is 18.6 Å². The van der Waals surface area contributed by atoms with E-state index in [0.717, 1.165) is 23.6 Å². The molecular weight excluding hydrogens is 382 g/mol. The summed E-state index contributed by atoms with van der Waals surface area (Å²) in [4.78, 5) is 17.3. The Labute approximate surface area is 163 Å². The number of hydrogen-bond acceptors (Lipinski definition) is 5. The van der Waals surface area contributed by atoms with Crippen LogP contribution in [0.1, 0.15) is 25.7 Å². The number of fused-ring (bicyclic) bond motifs is 2.